The van der Waals surface area contributed by atoms with Gasteiger partial charge in [-0.2, -0.15) is 0 Å². The second kappa shape index (κ2) is 24.7. The SMILES string of the molecule is NC(CCC(=O)[O-])C(=O)[O-].NC(CCC(=O)[O-])C(=O)[O-].NC(CCC(=O)[O-])C(=O)[O-].[La+3].[La+3]. The number of carbonyl (C=O) groups is 6. The van der Waals surface area contributed by atoms with Crippen molar-refractivity contribution in [3.63, 3.8) is 0 Å². The van der Waals surface area contributed by atoms with Crippen LogP contribution in [0.4, 0.5) is 0 Å². The van der Waals surface area contributed by atoms with Crippen molar-refractivity contribution in [1.29, 1.82) is 0 Å². The normalized spacial score (nSPS) is 11.7. The van der Waals surface area contributed by atoms with Crippen LogP contribution in [-0.4, -0.2) is 53.9 Å². The third kappa shape index (κ3) is 33.7. The van der Waals surface area contributed by atoms with Gasteiger partial charge < -0.3 is 76.6 Å². The first-order valence-corrected chi connectivity index (χ1v) is 8.10. The Labute approximate surface area is 238 Å². The van der Waals surface area contributed by atoms with Gasteiger partial charge in [0, 0.05) is 36.0 Å². The third-order valence-corrected chi connectivity index (χ3v) is 2.89. The third-order valence-electron chi connectivity index (χ3n) is 2.89. The molecule has 0 rings (SSSR count). The molecule has 0 fully saturated rings. The zero-order valence-corrected chi connectivity index (χ0v) is 24.0. The van der Waals surface area contributed by atoms with E-state index in [4.69, 9.17) is 17.2 Å². The van der Waals surface area contributed by atoms with Gasteiger partial charge in [0.05, 0.1) is 17.9 Å². The van der Waals surface area contributed by atoms with Crippen molar-refractivity contribution in [2.45, 2.75) is 56.7 Å². The summed E-state index contributed by atoms with van der Waals surface area (Å²) in [4.78, 5) is 58.8. The Morgan fingerprint density at radius 2 is 0.625 bits per heavy atom. The number of rotatable bonds is 12. The molecule has 0 bridgehead atoms. The Kier molecular flexibility index (Phi) is 32.0. The molecule has 0 aromatic heterocycles. The molecule has 0 aromatic carbocycles. The molecule has 0 saturated heterocycles. The molecule has 0 aromatic rings. The fourth-order valence-electron chi connectivity index (χ4n) is 1.17. The number of carbonyl (C=O) groups excluding carboxylic acids is 6. The second-order valence-corrected chi connectivity index (χ2v) is 5.51. The Morgan fingerprint density at radius 3 is 0.719 bits per heavy atom. The number of carboxylic acids is 6. The topological polar surface area (TPSA) is 319 Å². The molecule has 0 saturated carbocycles. The Balaban J connectivity index is -0.000000110. The molecule has 0 heterocycles. The molecular formula is C15H21La2N3O12. The van der Waals surface area contributed by atoms with Crippen LogP contribution < -0.4 is 47.8 Å². The van der Waals surface area contributed by atoms with Crippen LogP contribution in [0.2, 0.25) is 0 Å². The predicted molar refractivity (Wildman–Crippen MR) is 81.7 cm³/mol. The zero-order chi connectivity index (χ0) is 24.4. The van der Waals surface area contributed by atoms with Crippen LogP contribution in [0, 0.1) is 71.2 Å². The summed E-state index contributed by atoms with van der Waals surface area (Å²) in [5, 5.41) is 58.8. The number of hydrogen-bond donors (Lipinski definition) is 3. The first kappa shape index (κ1) is 41.4. The van der Waals surface area contributed by atoms with Gasteiger partial charge in [-0.25, -0.2) is 0 Å². The molecule has 15 nitrogen and oxygen atoms in total. The van der Waals surface area contributed by atoms with Gasteiger partial charge in [0.15, 0.2) is 0 Å². The monoisotopic (exact) mass is 713 g/mol. The van der Waals surface area contributed by atoms with Gasteiger partial charge >= 0.3 is 71.2 Å². The van der Waals surface area contributed by atoms with Gasteiger partial charge in [-0.15, -0.1) is 0 Å². The molecule has 0 amide bonds. The van der Waals surface area contributed by atoms with E-state index in [9.17, 15) is 59.4 Å². The van der Waals surface area contributed by atoms with Crippen molar-refractivity contribution in [1.82, 2.24) is 0 Å². The molecule has 0 radical (unpaired) electrons. The van der Waals surface area contributed by atoms with Gasteiger partial charge in [-0.1, -0.05) is 0 Å². The van der Waals surface area contributed by atoms with Crippen molar-refractivity contribution < 1.29 is 131 Å². The quantitative estimate of drug-likeness (QED) is 0.169. The molecule has 0 aliphatic rings. The molecule has 0 spiro atoms. The molecule has 174 valence electrons. The van der Waals surface area contributed by atoms with Crippen LogP contribution in [0.15, 0.2) is 0 Å². The summed E-state index contributed by atoms with van der Waals surface area (Å²) in [6.07, 6.45) is -1.50. The van der Waals surface area contributed by atoms with Crippen LogP contribution >= 0.6 is 0 Å². The van der Waals surface area contributed by atoms with E-state index in [-0.39, 0.29) is 110 Å². The first-order valence-electron chi connectivity index (χ1n) is 8.10. The van der Waals surface area contributed by atoms with E-state index in [0.717, 1.165) is 0 Å². The minimum Gasteiger partial charge on any atom is -0.550 e. The average molecular weight is 713 g/mol. The van der Waals surface area contributed by atoms with Gasteiger partial charge in [0.2, 0.25) is 0 Å². The molecule has 3 atom stereocenters. The molecule has 3 unspecified atom stereocenters. The maximum atomic E-state index is 9.86. The smallest absolute Gasteiger partial charge is 0.550 e. The van der Waals surface area contributed by atoms with Crippen molar-refractivity contribution in [3.05, 3.63) is 0 Å². The summed E-state index contributed by atoms with van der Waals surface area (Å²) in [6, 6.07) is -3.63. The molecule has 6 N–H and O–H groups in total. The molecular weight excluding hydrogens is 692 g/mol. The maximum Gasteiger partial charge on any atom is 3.00 e. The van der Waals surface area contributed by atoms with Crippen molar-refractivity contribution in [2.75, 3.05) is 0 Å². The molecule has 0 aliphatic heterocycles. The van der Waals surface area contributed by atoms with Crippen LogP contribution in [-0.2, 0) is 28.8 Å². The van der Waals surface area contributed by atoms with Crippen molar-refractivity contribution in [3.8, 4) is 0 Å². The molecule has 17 heteroatoms. The second-order valence-electron chi connectivity index (χ2n) is 5.51. The Bertz CT molecular complexity index is 525. The van der Waals surface area contributed by atoms with E-state index in [1.807, 2.05) is 0 Å². The van der Waals surface area contributed by atoms with Crippen molar-refractivity contribution in [2.24, 2.45) is 17.2 Å². The summed E-state index contributed by atoms with van der Waals surface area (Å²) >= 11 is 0. The first-order chi connectivity index (χ1) is 13.6. The van der Waals surface area contributed by atoms with Gasteiger partial charge in [0.25, 0.3) is 0 Å². The van der Waals surface area contributed by atoms with Crippen LogP contribution in [0.25, 0.3) is 0 Å². The predicted octanol–water partition coefficient (Wildman–Crippen LogP) is -10.2. The van der Waals surface area contributed by atoms with E-state index in [1.165, 1.54) is 0 Å². The van der Waals surface area contributed by atoms with E-state index >= 15 is 0 Å². The minimum absolute atomic E-state index is 0. The zero-order valence-electron chi connectivity index (χ0n) is 16.8. The van der Waals surface area contributed by atoms with Crippen LogP contribution in [0.5, 0.6) is 0 Å². The van der Waals surface area contributed by atoms with Gasteiger partial charge in [-0.3, -0.25) is 0 Å². The van der Waals surface area contributed by atoms with E-state index < -0.39 is 53.9 Å². The van der Waals surface area contributed by atoms with Gasteiger partial charge in [-0.05, 0) is 38.5 Å². The number of nitrogens with two attached hydrogens (primary N) is 3. The maximum absolute atomic E-state index is 9.86. The van der Waals surface area contributed by atoms with E-state index in [0.29, 0.717) is 0 Å². The summed E-state index contributed by atoms with van der Waals surface area (Å²) in [5.41, 5.74) is 14.7. The summed E-state index contributed by atoms with van der Waals surface area (Å²) < 4.78 is 0. The van der Waals surface area contributed by atoms with Gasteiger partial charge in [0.1, 0.15) is 0 Å². The fraction of sp³-hybridized carbons (Fsp3) is 0.600. The fourth-order valence-corrected chi connectivity index (χ4v) is 1.17. The molecule has 32 heavy (non-hydrogen) atoms. The summed E-state index contributed by atoms with van der Waals surface area (Å²) in [6.45, 7) is 0. The standard InChI is InChI=1S/3C5H9NO4.2La/c3*6-3(5(9)10)1-2-4(7)8;;/h3*3H,1-2,6H2,(H,7,8)(H,9,10);;/q;;;2*+3/p-6. The van der Waals surface area contributed by atoms with Crippen LogP contribution in [0.1, 0.15) is 38.5 Å². The number of hydrogen-bond acceptors (Lipinski definition) is 15. The minimum atomic E-state index is -1.44. The Morgan fingerprint density at radius 1 is 0.469 bits per heavy atom. The van der Waals surface area contributed by atoms with E-state index in [1.54, 1.807) is 0 Å². The van der Waals surface area contributed by atoms with Crippen LogP contribution in [0.3, 0.4) is 0 Å². The average Bonchev–Trinajstić information content (AvgIpc) is 2.62. The number of aliphatic carboxylic acids is 6. The summed E-state index contributed by atoms with van der Waals surface area (Å²) in [7, 11) is 0. The molecule has 0 aliphatic carbocycles. The largest absolute Gasteiger partial charge is 3.00 e. The van der Waals surface area contributed by atoms with Crippen molar-refractivity contribution >= 4 is 35.8 Å². The van der Waals surface area contributed by atoms with E-state index in [2.05, 4.69) is 0 Å². The Hall–Kier alpha value is -0.910. The summed E-state index contributed by atoms with van der Waals surface area (Å²) in [5.74, 6) is -8.26. The number of carboxylic acid groups (broad SMARTS) is 6.